The van der Waals surface area contributed by atoms with Crippen LogP contribution in [0.2, 0.25) is 5.02 Å². The average Bonchev–Trinajstić information content (AvgIpc) is 2.38. The van der Waals surface area contributed by atoms with Crippen molar-refractivity contribution in [3.05, 3.63) is 16.7 Å². The maximum absolute atomic E-state index is 12.0. The predicted octanol–water partition coefficient (Wildman–Crippen LogP) is 1.37. The van der Waals surface area contributed by atoms with Gasteiger partial charge in [-0.15, -0.1) is 0 Å². The molecule has 1 aromatic carbocycles. The number of nitrogens with one attached hydrogen (secondary N) is 2. The molecule has 4 N–H and O–H groups in total. The monoisotopic (exact) mass is 315 g/mol. The van der Waals surface area contributed by atoms with Crippen molar-refractivity contribution in [2.75, 3.05) is 33.5 Å². The SMILES string of the molecule is Cc1c(O)cc(O)c(Cl)c1NC(=O)NC(N(C)C)=[N+](C)C. The fraction of sp³-hybridized carbons (Fsp3) is 0.385. The summed E-state index contributed by atoms with van der Waals surface area (Å²) in [5.41, 5.74) is 0.521. The molecule has 0 atom stereocenters. The Morgan fingerprint density at radius 2 is 1.86 bits per heavy atom. The fourth-order valence-electron chi connectivity index (χ4n) is 1.74. The summed E-state index contributed by atoms with van der Waals surface area (Å²) in [6.07, 6.45) is 0. The van der Waals surface area contributed by atoms with E-state index in [-0.39, 0.29) is 22.2 Å². The summed E-state index contributed by atoms with van der Waals surface area (Å²) in [5.74, 6) is 0.0989. The van der Waals surface area contributed by atoms with Crippen LogP contribution in [-0.2, 0) is 0 Å². The first-order valence-corrected chi connectivity index (χ1v) is 6.53. The Bertz CT molecular complexity index is 569. The fourth-order valence-corrected chi connectivity index (χ4v) is 1.98. The standard InChI is InChI=1S/C13H19ClN4O3/c1-7-8(19)6-9(20)10(14)11(7)15-12(21)16-13(17(2)3)18(4)5/h6H,1-5H3,(H3,15,19,20,21)/p+1. The van der Waals surface area contributed by atoms with Crippen molar-refractivity contribution in [1.82, 2.24) is 10.2 Å². The molecule has 0 heterocycles. The van der Waals surface area contributed by atoms with Gasteiger partial charge in [0, 0.05) is 11.6 Å². The third kappa shape index (κ3) is 3.91. The lowest BCUT2D eigenvalue weighted by molar-refractivity contribution is -0.471. The van der Waals surface area contributed by atoms with E-state index in [4.69, 9.17) is 11.6 Å². The van der Waals surface area contributed by atoms with E-state index in [9.17, 15) is 15.0 Å². The lowest BCUT2D eigenvalue weighted by atomic mass is 10.1. The maximum Gasteiger partial charge on any atom is 0.384 e. The number of rotatable bonds is 1. The van der Waals surface area contributed by atoms with Gasteiger partial charge in [-0.2, -0.15) is 5.32 Å². The third-order valence-corrected chi connectivity index (χ3v) is 3.17. The van der Waals surface area contributed by atoms with Gasteiger partial charge in [0.25, 0.3) is 0 Å². The van der Waals surface area contributed by atoms with Crippen LogP contribution in [0.25, 0.3) is 0 Å². The van der Waals surface area contributed by atoms with Crippen molar-refractivity contribution in [2.45, 2.75) is 6.92 Å². The highest BCUT2D eigenvalue weighted by molar-refractivity contribution is 6.35. The number of anilines is 1. The summed E-state index contributed by atoms with van der Waals surface area (Å²) in [6.45, 7) is 1.58. The second-order valence-electron chi connectivity index (χ2n) is 4.92. The minimum Gasteiger partial charge on any atom is -0.507 e. The van der Waals surface area contributed by atoms with Crippen LogP contribution in [0.1, 0.15) is 5.56 Å². The van der Waals surface area contributed by atoms with Gasteiger partial charge < -0.3 is 10.2 Å². The highest BCUT2D eigenvalue weighted by Gasteiger charge is 2.20. The molecule has 1 rings (SSSR count). The Hall–Kier alpha value is -2.15. The van der Waals surface area contributed by atoms with Crippen LogP contribution in [0.4, 0.5) is 10.5 Å². The average molecular weight is 316 g/mol. The molecule has 2 amide bonds. The van der Waals surface area contributed by atoms with E-state index < -0.39 is 6.03 Å². The molecule has 0 spiro atoms. The molecule has 1 aromatic rings. The number of carbonyl (C=O) groups is 1. The van der Waals surface area contributed by atoms with Crippen LogP contribution in [-0.4, -0.2) is 59.9 Å². The Morgan fingerprint density at radius 3 is 2.33 bits per heavy atom. The Labute approximate surface area is 128 Å². The van der Waals surface area contributed by atoms with Crippen LogP contribution >= 0.6 is 11.6 Å². The molecule has 0 radical (unpaired) electrons. The number of carbonyl (C=O) groups excluding carboxylic acids is 1. The summed E-state index contributed by atoms with van der Waals surface area (Å²) < 4.78 is 1.73. The van der Waals surface area contributed by atoms with Gasteiger partial charge in [-0.1, -0.05) is 11.6 Å². The van der Waals surface area contributed by atoms with Crippen LogP contribution in [0, 0.1) is 6.92 Å². The van der Waals surface area contributed by atoms with E-state index in [1.807, 2.05) is 0 Å². The number of halogens is 1. The Kier molecular flexibility index (Phi) is 5.26. The molecule has 21 heavy (non-hydrogen) atoms. The van der Waals surface area contributed by atoms with E-state index in [1.165, 1.54) is 0 Å². The number of hydrogen-bond donors (Lipinski definition) is 4. The number of phenolic OH excluding ortho intramolecular Hbond substituents is 2. The first-order chi connectivity index (χ1) is 9.65. The van der Waals surface area contributed by atoms with Gasteiger partial charge in [0.2, 0.25) is 0 Å². The first-order valence-electron chi connectivity index (χ1n) is 6.15. The molecule has 116 valence electrons. The van der Waals surface area contributed by atoms with Gasteiger partial charge in [0.1, 0.15) is 16.5 Å². The zero-order chi connectivity index (χ0) is 16.3. The van der Waals surface area contributed by atoms with Crippen molar-refractivity contribution >= 4 is 29.3 Å². The lowest BCUT2D eigenvalue weighted by Gasteiger charge is -2.15. The van der Waals surface area contributed by atoms with Crippen molar-refractivity contribution in [1.29, 1.82) is 0 Å². The van der Waals surface area contributed by atoms with Crippen LogP contribution in [0.5, 0.6) is 11.5 Å². The van der Waals surface area contributed by atoms with Crippen LogP contribution < -0.4 is 10.6 Å². The maximum atomic E-state index is 12.0. The van der Waals surface area contributed by atoms with Crippen molar-refractivity contribution in [2.24, 2.45) is 0 Å². The normalized spacial score (nSPS) is 10.0. The second-order valence-corrected chi connectivity index (χ2v) is 5.30. The number of phenols is 2. The molecule has 0 saturated heterocycles. The molecule has 0 unspecified atom stereocenters. The Balaban J connectivity index is 3.03. The number of aromatic hydroxyl groups is 2. The van der Waals surface area contributed by atoms with Crippen molar-refractivity contribution in [3.8, 4) is 11.5 Å². The molecular weight excluding hydrogens is 296 g/mol. The van der Waals surface area contributed by atoms with Gasteiger partial charge in [0.15, 0.2) is 0 Å². The number of benzene rings is 1. The minimum absolute atomic E-state index is 0.0308. The topological polar surface area (TPSA) is 87.8 Å². The number of nitrogens with zero attached hydrogens (tertiary/aromatic N) is 2. The van der Waals surface area contributed by atoms with E-state index in [0.29, 0.717) is 11.5 Å². The molecule has 0 aromatic heterocycles. The first kappa shape index (κ1) is 16.9. The van der Waals surface area contributed by atoms with Crippen LogP contribution in [0.3, 0.4) is 0 Å². The lowest BCUT2D eigenvalue weighted by Crippen LogP contribution is -2.46. The zero-order valence-electron chi connectivity index (χ0n) is 12.7. The molecule has 0 aliphatic heterocycles. The molecule has 0 aliphatic rings. The highest BCUT2D eigenvalue weighted by Crippen LogP contribution is 2.39. The minimum atomic E-state index is -0.539. The predicted molar refractivity (Wildman–Crippen MR) is 82.5 cm³/mol. The smallest absolute Gasteiger partial charge is 0.384 e. The summed E-state index contributed by atoms with van der Waals surface area (Å²) >= 11 is 5.94. The Morgan fingerprint density at radius 1 is 1.29 bits per heavy atom. The summed E-state index contributed by atoms with van der Waals surface area (Å²) in [6, 6.07) is 0.584. The van der Waals surface area contributed by atoms with Gasteiger partial charge in [-0.3, -0.25) is 14.8 Å². The molecular formula is C13H20ClN4O3+. The molecule has 0 saturated carbocycles. The van der Waals surface area contributed by atoms with Gasteiger partial charge in [-0.05, 0) is 6.92 Å². The zero-order valence-corrected chi connectivity index (χ0v) is 13.4. The molecule has 0 aliphatic carbocycles. The van der Waals surface area contributed by atoms with Gasteiger partial charge in [-0.25, -0.2) is 4.79 Å². The highest BCUT2D eigenvalue weighted by atomic mass is 35.5. The number of urea groups is 1. The quantitative estimate of drug-likeness (QED) is 0.358. The van der Waals surface area contributed by atoms with E-state index in [0.717, 1.165) is 6.07 Å². The van der Waals surface area contributed by atoms with Crippen LogP contribution in [0.15, 0.2) is 6.07 Å². The number of guanidine groups is 1. The summed E-state index contributed by atoms with van der Waals surface area (Å²) in [4.78, 5) is 13.8. The third-order valence-electron chi connectivity index (χ3n) is 2.79. The molecule has 8 heteroatoms. The molecule has 0 bridgehead atoms. The number of amides is 2. The van der Waals surface area contributed by atoms with E-state index in [1.54, 1.807) is 44.6 Å². The second kappa shape index (κ2) is 6.53. The van der Waals surface area contributed by atoms with Crippen molar-refractivity contribution < 1.29 is 19.6 Å². The largest absolute Gasteiger partial charge is 0.507 e. The van der Waals surface area contributed by atoms with Gasteiger partial charge in [0.05, 0.1) is 33.9 Å². The summed E-state index contributed by atoms with van der Waals surface area (Å²) in [5, 5.41) is 24.4. The van der Waals surface area contributed by atoms with Crippen molar-refractivity contribution in [3.63, 3.8) is 0 Å². The van der Waals surface area contributed by atoms with E-state index in [2.05, 4.69) is 10.6 Å². The van der Waals surface area contributed by atoms with E-state index >= 15 is 0 Å². The van der Waals surface area contributed by atoms with Gasteiger partial charge >= 0.3 is 12.0 Å². The molecule has 7 nitrogen and oxygen atoms in total. The number of hydrogen-bond acceptors (Lipinski definition) is 3. The summed E-state index contributed by atoms with van der Waals surface area (Å²) in [7, 11) is 7.14. The molecule has 0 fully saturated rings.